The number of aryl methyl sites for hydroxylation is 1. The lowest BCUT2D eigenvalue weighted by atomic mass is 9.97. The average Bonchev–Trinajstić information content (AvgIpc) is 2.89. The standard InChI is InChI=1S/C11H17N3O4/c1-8-9(13-18-12-8)6-14-5-3-4-11(14,7-17-2)10(15)16/h3-7H2,1-2H3,(H,15,16). The van der Waals surface area contributed by atoms with E-state index in [0.717, 1.165) is 6.42 Å². The van der Waals surface area contributed by atoms with Gasteiger partial charge in [-0.3, -0.25) is 9.69 Å². The van der Waals surface area contributed by atoms with E-state index in [4.69, 9.17) is 4.74 Å². The third-order valence-electron chi connectivity index (χ3n) is 3.49. The highest BCUT2D eigenvalue weighted by atomic mass is 16.6. The highest BCUT2D eigenvalue weighted by Crippen LogP contribution is 2.31. The van der Waals surface area contributed by atoms with Gasteiger partial charge in [0, 0.05) is 13.7 Å². The van der Waals surface area contributed by atoms with Crippen molar-refractivity contribution in [2.24, 2.45) is 0 Å². The summed E-state index contributed by atoms with van der Waals surface area (Å²) in [5.74, 6) is -0.851. The number of nitrogens with zero attached hydrogens (tertiary/aromatic N) is 3. The van der Waals surface area contributed by atoms with E-state index in [9.17, 15) is 9.90 Å². The van der Waals surface area contributed by atoms with Crippen molar-refractivity contribution in [3.05, 3.63) is 11.4 Å². The summed E-state index contributed by atoms with van der Waals surface area (Å²) in [5.41, 5.74) is 0.414. The fourth-order valence-electron chi connectivity index (χ4n) is 2.44. The molecule has 1 N–H and O–H groups in total. The normalized spacial score (nSPS) is 24.6. The van der Waals surface area contributed by atoms with Gasteiger partial charge in [-0.2, -0.15) is 0 Å². The molecular formula is C11H17N3O4. The van der Waals surface area contributed by atoms with E-state index >= 15 is 0 Å². The molecule has 18 heavy (non-hydrogen) atoms. The maximum absolute atomic E-state index is 11.6. The molecule has 1 atom stereocenters. The number of ether oxygens (including phenoxy) is 1. The molecule has 1 aliphatic heterocycles. The van der Waals surface area contributed by atoms with Gasteiger partial charge < -0.3 is 9.84 Å². The van der Waals surface area contributed by atoms with Crippen LogP contribution >= 0.6 is 0 Å². The zero-order chi connectivity index (χ0) is 13.2. The van der Waals surface area contributed by atoms with Crippen LogP contribution in [0.3, 0.4) is 0 Å². The highest BCUT2D eigenvalue weighted by Gasteiger charge is 2.48. The first-order valence-electron chi connectivity index (χ1n) is 5.85. The lowest BCUT2D eigenvalue weighted by Crippen LogP contribution is -2.53. The molecule has 1 unspecified atom stereocenters. The Kier molecular flexibility index (Phi) is 3.63. The molecule has 0 spiro atoms. The van der Waals surface area contributed by atoms with E-state index in [1.54, 1.807) is 6.92 Å². The van der Waals surface area contributed by atoms with Crippen LogP contribution in [0.1, 0.15) is 24.2 Å². The second-order valence-electron chi connectivity index (χ2n) is 4.59. The first-order chi connectivity index (χ1) is 8.60. The van der Waals surface area contributed by atoms with Crippen molar-refractivity contribution in [3.8, 4) is 0 Å². The minimum Gasteiger partial charge on any atom is -0.480 e. The molecule has 0 aliphatic carbocycles. The number of hydrogen-bond acceptors (Lipinski definition) is 6. The molecule has 7 heteroatoms. The summed E-state index contributed by atoms with van der Waals surface area (Å²) < 4.78 is 9.73. The third-order valence-corrected chi connectivity index (χ3v) is 3.49. The second kappa shape index (κ2) is 5.03. The monoisotopic (exact) mass is 255 g/mol. The highest BCUT2D eigenvalue weighted by molar-refractivity contribution is 5.79. The maximum atomic E-state index is 11.6. The van der Waals surface area contributed by atoms with Gasteiger partial charge >= 0.3 is 5.97 Å². The van der Waals surface area contributed by atoms with Crippen LogP contribution in [-0.4, -0.2) is 52.1 Å². The maximum Gasteiger partial charge on any atom is 0.326 e. The summed E-state index contributed by atoms with van der Waals surface area (Å²) in [4.78, 5) is 13.4. The van der Waals surface area contributed by atoms with E-state index in [2.05, 4.69) is 14.9 Å². The second-order valence-corrected chi connectivity index (χ2v) is 4.59. The van der Waals surface area contributed by atoms with E-state index in [1.165, 1.54) is 7.11 Å². The van der Waals surface area contributed by atoms with E-state index in [0.29, 0.717) is 30.9 Å². The SMILES string of the molecule is COCC1(C(=O)O)CCCN1Cc1nonc1C. The smallest absolute Gasteiger partial charge is 0.326 e. The molecule has 2 rings (SSSR count). The number of rotatable bonds is 5. The minimum absolute atomic E-state index is 0.173. The van der Waals surface area contributed by atoms with E-state index in [1.807, 2.05) is 4.90 Å². The van der Waals surface area contributed by atoms with Gasteiger partial charge in [0.1, 0.15) is 16.9 Å². The van der Waals surface area contributed by atoms with Gasteiger partial charge in [-0.25, -0.2) is 4.63 Å². The number of carbonyl (C=O) groups is 1. The molecule has 0 aromatic carbocycles. The predicted octanol–water partition coefficient (Wildman–Crippen LogP) is 0.444. The lowest BCUT2D eigenvalue weighted by Gasteiger charge is -2.33. The molecular weight excluding hydrogens is 238 g/mol. The molecule has 1 aromatic heterocycles. The molecule has 2 heterocycles. The fraction of sp³-hybridized carbons (Fsp3) is 0.727. The van der Waals surface area contributed by atoms with Gasteiger partial charge in [0.05, 0.1) is 6.61 Å². The van der Waals surface area contributed by atoms with Crippen LogP contribution in [0.15, 0.2) is 4.63 Å². The largest absolute Gasteiger partial charge is 0.480 e. The van der Waals surface area contributed by atoms with E-state index < -0.39 is 11.5 Å². The number of aliphatic carboxylic acids is 1. The molecule has 0 saturated carbocycles. The molecule has 1 fully saturated rings. The minimum atomic E-state index is -0.958. The summed E-state index contributed by atoms with van der Waals surface area (Å²) in [5, 5.41) is 17.0. The van der Waals surface area contributed by atoms with Crippen molar-refractivity contribution in [2.45, 2.75) is 31.8 Å². The van der Waals surface area contributed by atoms with Gasteiger partial charge in [0.2, 0.25) is 0 Å². The molecule has 1 aromatic rings. The quantitative estimate of drug-likeness (QED) is 0.816. The summed E-state index contributed by atoms with van der Waals surface area (Å²) in [6.45, 7) is 3.10. The number of carboxylic acid groups (broad SMARTS) is 1. The zero-order valence-electron chi connectivity index (χ0n) is 10.5. The Morgan fingerprint density at radius 3 is 2.94 bits per heavy atom. The molecule has 0 amide bonds. The van der Waals surface area contributed by atoms with Gasteiger partial charge in [0.15, 0.2) is 0 Å². The summed E-state index contributed by atoms with van der Waals surface area (Å²) in [6.07, 6.45) is 1.42. The van der Waals surface area contributed by atoms with Crippen molar-refractivity contribution < 1.29 is 19.3 Å². The van der Waals surface area contributed by atoms with Crippen molar-refractivity contribution in [2.75, 3.05) is 20.3 Å². The van der Waals surface area contributed by atoms with Crippen molar-refractivity contribution >= 4 is 5.97 Å². The molecule has 1 aliphatic rings. The van der Waals surface area contributed by atoms with Crippen molar-refractivity contribution in [3.63, 3.8) is 0 Å². The lowest BCUT2D eigenvalue weighted by molar-refractivity contribution is -0.153. The molecule has 0 radical (unpaired) electrons. The molecule has 0 bridgehead atoms. The molecule has 100 valence electrons. The Morgan fingerprint density at radius 2 is 2.39 bits per heavy atom. The van der Waals surface area contributed by atoms with Crippen LogP contribution in [0, 0.1) is 6.92 Å². The number of carboxylic acids is 1. The first-order valence-corrected chi connectivity index (χ1v) is 5.85. The molecule has 7 nitrogen and oxygen atoms in total. The number of methoxy groups -OCH3 is 1. The van der Waals surface area contributed by atoms with Crippen LogP contribution in [0.25, 0.3) is 0 Å². The number of hydrogen-bond donors (Lipinski definition) is 1. The first kappa shape index (κ1) is 13.0. The van der Waals surface area contributed by atoms with Crippen molar-refractivity contribution in [1.82, 2.24) is 15.2 Å². The van der Waals surface area contributed by atoms with Gasteiger partial charge in [-0.15, -0.1) is 0 Å². The number of aromatic nitrogens is 2. The van der Waals surface area contributed by atoms with Gasteiger partial charge in [-0.05, 0) is 26.3 Å². The van der Waals surface area contributed by atoms with Gasteiger partial charge in [0.25, 0.3) is 0 Å². The summed E-state index contributed by atoms with van der Waals surface area (Å²) in [7, 11) is 1.52. The van der Waals surface area contributed by atoms with E-state index in [-0.39, 0.29) is 6.61 Å². The Labute approximate surface area is 105 Å². The van der Waals surface area contributed by atoms with Crippen LogP contribution < -0.4 is 0 Å². The Balaban J connectivity index is 2.20. The van der Waals surface area contributed by atoms with Crippen LogP contribution in [-0.2, 0) is 16.1 Å². The fourth-order valence-corrected chi connectivity index (χ4v) is 2.44. The van der Waals surface area contributed by atoms with Crippen LogP contribution in [0.5, 0.6) is 0 Å². The Bertz CT molecular complexity index is 434. The predicted molar refractivity (Wildman–Crippen MR) is 60.9 cm³/mol. The average molecular weight is 255 g/mol. The Hall–Kier alpha value is -1.47. The topological polar surface area (TPSA) is 88.7 Å². The summed E-state index contributed by atoms with van der Waals surface area (Å²) >= 11 is 0. The van der Waals surface area contributed by atoms with Crippen molar-refractivity contribution in [1.29, 1.82) is 0 Å². The zero-order valence-corrected chi connectivity index (χ0v) is 10.5. The third kappa shape index (κ3) is 2.11. The molecule has 1 saturated heterocycles. The van der Waals surface area contributed by atoms with Crippen LogP contribution in [0.4, 0.5) is 0 Å². The Morgan fingerprint density at radius 1 is 1.61 bits per heavy atom. The number of likely N-dealkylation sites (tertiary alicyclic amines) is 1. The summed E-state index contributed by atoms with van der Waals surface area (Å²) in [6, 6.07) is 0. The van der Waals surface area contributed by atoms with Gasteiger partial charge in [-0.1, -0.05) is 10.3 Å². The van der Waals surface area contributed by atoms with Crippen LogP contribution in [0.2, 0.25) is 0 Å².